The lowest BCUT2D eigenvalue weighted by Gasteiger charge is -2.12. The number of halogens is 4. The Morgan fingerprint density at radius 3 is 2.30 bits per heavy atom. The molecule has 0 aliphatic heterocycles. The van der Waals surface area contributed by atoms with Crippen LogP contribution in [0.4, 0.5) is 0 Å². The Morgan fingerprint density at radius 2 is 1.60 bits per heavy atom. The van der Waals surface area contributed by atoms with E-state index in [1.165, 1.54) is 0 Å². The van der Waals surface area contributed by atoms with Crippen molar-refractivity contribution >= 4 is 50.7 Å². The maximum Gasteiger partial charge on any atom is 0.122 e. The van der Waals surface area contributed by atoms with Crippen LogP contribution in [0.1, 0.15) is 11.1 Å². The van der Waals surface area contributed by atoms with Crippen LogP contribution < -0.4 is 4.74 Å². The molecule has 0 fully saturated rings. The maximum absolute atomic E-state index is 6.21. The molecule has 0 radical (unpaired) electrons. The fourth-order valence-corrected chi connectivity index (χ4v) is 2.68. The zero-order valence-corrected chi connectivity index (χ0v) is 14.4. The van der Waals surface area contributed by atoms with Crippen molar-refractivity contribution in [2.75, 3.05) is 11.9 Å². The van der Waals surface area contributed by atoms with Gasteiger partial charge in [0.05, 0.1) is 6.61 Å². The highest BCUT2D eigenvalue weighted by Crippen LogP contribution is 2.29. The highest BCUT2D eigenvalue weighted by Gasteiger charge is 2.09. The number of ether oxygens (including phenoxy) is 1. The van der Waals surface area contributed by atoms with Gasteiger partial charge in [0.15, 0.2) is 0 Å². The third-order valence-electron chi connectivity index (χ3n) is 2.75. The third-order valence-corrected chi connectivity index (χ3v) is 3.90. The smallest absolute Gasteiger partial charge is 0.122 e. The number of rotatable bonds is 5. The van der Waals surface area contributed by atoms with E-state index in [2.05, 4.69) is 15.9 Å². The molecule has 0 unspecified atom stereocenters. The highest BCUT2D eigenvalue weighted by atomic mass is 79.9. The van der Waals surface area contributed by atoms with E-state index in [1.54, 1.807) is 6.07 Å². The molecule has 0 aromatic heterocycles. The molecule has 0 aliphatic rings. The predicted molar refractivity (Wildman–Crippen MR) is 90.0 cm³/mol. The molecule has 0 amide bonds. The normalized spacial score (nSPS) is 10.6. The Hall–Kier alpha value is -0.410. The van der Waals surface area contributed by atoms with E-state index in [0.717, 1.165) is 22.2 Å². The number of alkyl halides is 1. The number of hydrogen-bond acceptors (Lipinski definition) is 1. The molecular formula is C15H12BrCl3O. The van der Waals surface area contributed by atoms with Gasteiger partial charge in [-0.25, -0.2) is 0 Å². The van der Waals surface area contributed by atoms with Crippen LogP contribution in [0.15, 0.2) is 36.4 Å². The molecule has 5 heteroatoms. The Kier molecular flexibility index (Phi) is 6.03. The molecule has 1 nitrogen and oxygen atoms in total. The Labute approximate surface area is 141 Å². The van der Waals surface area contributed by atoms with E-state index in [4.69, 9.17) is 39.5 Å². The van der Waals surface area contributed by atoms with Gasteiger partial charge in [0.25, 0.3) is 0 Å². The van der Waals surface area contributed by atoms with Crippen molar-refractivity contribution in [2.24, 2.45) is 0 Å². The van der Waals surface area contributed by atoms with Gasteiger partial charge in [-0.3, -0.25) is 0 Å². The summed E-state index contributed by atoms with van der Waals surface area (Å²) in [6, 6.07) is 11.1. The van der Waals surface area contributed by atoms with Gasteiger partial charge in [0, 0.05) is 32.4 Å². The average molecular weight is 395 g/mol. The summed E-state index contributed by atoms with van der Waals surface area (Å²) in [6.45, 7) is 0.600. The minimum atomic E-state index is 0.600. The summed E-state index contributed by atoms with van der Waals surface area (Å²) in [6.07, 6.45) is 0.647. The van der Waals surface area contributed by atoms with Gasteiger partial charge in [0.2, 0.25) is 0 Å². The molecule has 0 aliphatic carbocycles. The molecule has 0 bridgehead atoms. The van der Waals surface area contributed by atoms with Crippen molar-refractivity contribution in [1.82, 2.24) is 0 Å². The fourth-order valence-electron chi connectivity index (χ4n) is 1.85. The first-order chi connectivity index (χ1) is 9.60. The molecule has 0 heterocycles. The van der Waals surface area contributed by atoms with Crippen molar-refractivity contribution < 1.29 is 4.74 Å². The monoisotopic (exact) mass is 392 g/mol. The molecule has 2 rings (SSSR count). The minimum Gasteiger partial charge on any atom is -0.492 e. The van der Waals surface area contributed by atoms with Crippen molar-refractivity contribution in [3.63, 3.8) is 0 Å². The van der Waals surface area contributed by atoms with E-state index < -0.39 is 0 Å². The number of benzene rings is 2. The second-order valence-corrected chi connectivity index (χ2v) is 6.28. The topological polar surface area (TPSA) is 9.23 Å². The summed E-state index contributed by atoms with van der Waals surface area (Å²) < 4.78 is 5.70. The van der Waals surface area contributed by atoms with E-state index in [1.807, 2.05) is 30.3 Å². The maximum atomic E-state index is 6.21. The number of hydrogen-bond donors (Lipinski definition) is 0. The van der Waals surface area contributed by atoms with Crippen LogP contribution in [-0.4, -0.2) is 11.9 Å². The van der Waals surface area contributed by atoms with Gasteiger partial charge >= 0.3 is 0 Å². The molecule has 20 heavy (non-hydrogen) atoms. The SMILES string of the molecule is Clc1ccc(Cc2cc(Cl)ccc2OCCBr)c(Cl)c1. The van der Waals surface area contributed by atoms with Crippen LogP contribution in [0.25, 0.3) is 0 Å². The van der Waals surface area contributed by atoms with Crippen LogP contribution >= 0.6 is 50.7 Å². The lowest BCUT2D eigenvalue weighted by Crippen LogP contribution is -2.01. The zero-order chi connectivity index (χ0) is 14.5. The molecular weight excluding hydrogens is 382 g/mol. The minimum absolute atomic E-state index is 0.600. The van der Waals surface area contributed by atoms with Crippen LogP contribution in [-0.2, 0) is 6.42 Å². The second kappa shape index (κ2) is 7.56. The molecule has 0 saturated carbocycles. The van der Waals surface area contributed by atoms with Crippen LogP contribution in [0.5, 0.6) is 5.75 Å². The fraction of sp³-hybridized carbons (Fsp3) is 0.200. The summed E-state index contributed by atoms with van der Waals surface area (Å²) in [5, 5.41) is 2.72. The van der Waals surface area contributed by atoms with Crippen LogP contribution in [0, 0.1) is 0 Å². The third kappa shape index (κ3) is 4.29. The van der Waals surface area contributed by atoms with Gasteiger partial charge in [0.1, 0.15) is 5.75 Å². The first-order valence-corrected chi connectivity index (χ1v) is 8.27. The molecule has 2 aromatic carbocycles. The van der Waals surface area contributed by atoms with Gasteiger partial charge in [-0.05, 0) is 35.9 Å². The van der Waals surface area contributed by atoms with Gasteiger partial charge in [-0.2, -0.15) is 0 Å². The molecule has 106 valence electrons. The van der Waals surface area contributed by atoms with Crippen molar-refractivity contribution in [1.29, 1.82) is 0 Å². The first-order valence-electron chi connectivity index (χ1n) is 6.01. The zero-order valence-electron chi connectivity index (χ0n) is 10.5. The largest absolute Gasteiger partial charge is 0.492 e. The van der Waals surface area contributed by atoms with Crippen molar-refractivity contribution in [2.45, 2.75) is 6.42 Å². The Bertz CT molecular complexity index is 602. The lowest BCUT2D eigenvalue weighted by atomic mass is 10.0. The molecule has 2 aromatic rings. The highest BCUT2D eigenvalue weighted by molar-refractivity contribution is 9.09. The molecule has 0 N–H and O–H groups in total. The predicted octanol–water partition coefficient (Wildman–Crippen LogP) is 6.01. The molecule has 0 saturated heterocycles. The van der Waals surface area contributed by atoms with Crippen molar-refractivity contribution in [3.8, 4) is 5.75 Å². The summed E-state index contributed by atoms with van der Waals surface area (Å²) in [7, 11) is 0. The van der Waals surface area contributed by atoms with Crippen LogP contribution in [0.3, 0.4) is 0 Å². The molecule has 0 spiro atoms. The van der Waals surface area contributed by atoms with Gasteiger partial charge in [-0.15, -0.1) is 0 Å². The average Bonchev–Trinajstić information content (AvgIpc) is 2.41. The summed E-state index contributed by atoms with van der Waals surface area (Å²) in [5.41, 5.74) is 1.99. The van der Waals surface area contributed by atoms with E-state index in [-0.39, 0.29) is 0 Å². The van der Waals surface area contributed by atoms with Crippen LogP contribution in [0.2, 0.25) is 15.1 Å². The Morgan fingerprint density at radius 1 is 0.900 bits per heavy atom. The van der Waals surface area contributed by atoms with Crippen molar-refractivity contribution in [3.05, 3.63) is 62.6 Å². The standard InChI is InChI=1S/C15H12BrCl3O/c16-5-6-20-15-4-3-12(17)8-11(15)7-10-1-2-13(18)9-14(10)19/h1-4,8-9H,5-7H2. The van der Waals surface area contributed by atoms with Gasteiger partial charge in [-0.1, -0.05) is 56.8 Å². The summed E-state index contributed by atoms with van der Waals surface area (Å²) in [4.78, 5) is 0. The van der Waals surface area contributed by atoms with Gasteiger partial charge < -0.3 is 4.74 Å². The molecule has 0 atom stereocenters. The summed E-state index contributed by atoms with van der Waals surface area (Å²) >= 11 is 21.5. The van der Waals surface area contributed by atoms with E-state index >= 15 is 0 Å². The first kappa shape index (κ1) is 16.0. The van der Waals surface area contributed by atoms with E-state index in [9.17, 15) is 0 Å². The lowest BCUT2D eigenvalue weighted by molar-refractivity contribution is 0.342. The quantitative estimate of drug-likeness (QED) is 0.564. The Balaban J connectivity index is 2.29. The van der Waals surface area contributed by atoms with E-state index in [0.29, 0.717) is 28.1 Å². The second-order valence-electron chi connectivity index (χ2n) is 4.20. The summed E-state index contributed by atoms with van der Waals surface area (Å²) in [5.74, 6) is 0.819.